The third kappa shape index (κ3) is 3.52. The second-order valence-corrected chi connectivity index (χ2v) is 5.04. The zero-order chi connectivity index (χ0) is 16.1. The molecule has 0 saturated heterocycles. The highest BCUT2D eigenvalue weighted by molar-refractivity contribution is 5.75. The van der Waals surface area contributed by atoms with Gasteiger partial charge in [-0.15, -0.1) is 0 Å². The highest BCUT2D eigenvalue weighted by atomic mass is 19.1. The van der Waals surface area contributed by atoms with E-state index in [9.17, 15) is 4.39 Å². The van der Waals surface area contributed by atoms with E-state index in [0.29, 0.717) is 18.9 Å². The fourth-order valence-corrected chi connectivity index (χ4v) is 2.27. The summed E-state index contributed by atoms with van der Waals surface area (Å²) in [5.74, 6) is 0.353. The summed E-state index contributed by atoms with van der Waals surface area (Å²) in [5.41, 5.74) is 8.82. The van der Waals surface area contributed by atoms with E-state index < -0.39 is 0 Å². The van der Waals surface area contributed by atoms with Gasteiger partial charge in [-0.3, -0.25) is 0 Å². The van der Waals surface area contributed by atoms with E-state index in [1.165, 1.54) is 12.1 Å². The molecular formula is C18H17FN4. The zero-order valence-electron chi connectivity index (χ0n) is 12.5. The molecule has 0 atom stereocenters. The lowest BCUT2D eigenvalue weighted by Gasteiger charge is -2.12. The normalized spacial score (nSPS) is 10.5. The van der Waals surface area contributed by atoms with Gasteiger partial charge in [0.2, 0.25) is 0 Å². The topological polar surface area (TPSA) is 63.8 Å². The molecule has 0 aliphatic rings. The van der Waals surface area contributed by atoms with Gasteiger partial charge in [0.1, 0.15) is 5.82 Å². The molecule has 1 heterocycles. The standard InChI is InChI=1S/C18H17FN4/c19-15-8-6-13(7-9-15)17-16(21-11-10-20)12-22-18(23-17)14-4-2-1-3-5-14/h1-9,12,21H,10-11,20H2. The average molecular weight is 308 g/mol. The molecule has 0 fully saturated rings. The Hall–Kier alpha value is -2.79. The predicted molar refractivity (Wildman–Crippen MR) is 90.4 cm³/mol. The van der Waals surface area contributed by atoms with Gasteiger partial charge in [0.05, 0.1) is 17.6 Å². The van der Waals surface area contributed by atoms with Crippen LogP contribution in [0.3, 0.4) is 0 Å². The number of halogens is 1. The summed E-state index contributed by atoms with van der Waals surface area (Å²) in [6, 6.07) is 16.0. The lowest BCUT2D eigenvalue weighted by molar-refractivity contribution is 0.628. The third-order valence-electron chi connectivity index (χ3n) is 3.40. The van der Waals surface area contributed by atoms with Gasteiger partial charge in [0.25, 0.3) is 0 Å². The van der Waals surface area contributed by atoms with E-state index in [0.717, 1.165) is 22.5 Å². The van der Waals surface area contributed by atoms with Crippen LogP contribution in [0.1, 0.15) is 0 Å². The highest BCUT2D eigenvalue weighted by Gasteiger charge is 2.11. The molecule has 4 nitrogen and oxygen atoms in total. The first-order chi connectivity index (χ1) is 11.3. The molecule has 0 spiro atoms. The molecule has 3 rings (SSSR count). The number of benzene rings is 2. The monoisotopic (exact) mass is 308 g/mol. The quantitative estimate of drug-likeness (QED) is 0.759. The minimum Gasteiger partial charge on any atom is -0.381 e. The predicted octanol–water partition coefficient (Wildman–Crippen LogP) is 3.32. The van der Waals surface area contributed by atoms with Crippen molar-refractivity contribution in [3.05, 3.63) is 66.6 Å². The van der Waals surface area contributed by atoms with Crippen molar-refractivity contribution in [2.45, 2.75) is 0 Å². The largest absolute Gasteiger partial charge is 0.381 e. The molecule has 3 aromatic rings. The smallest absolute Gasteiger partial charge is 0.159 e. The molecular weight excluding hydrogens is 291 g/mol. The van der Waals surface area contributed by atoms with E-state index >= 15 is 0 Å². The summed E-state index contributed by atoms with van der Waals surface area (Å²) in [7, 11) is 0. The maximum Gasteiger partial charge on any atom is 0.159 e. The van der Waals surface area contributed by atoms with E-state index in [1.54, 1.807) is 18.3 Å². The zero-order valence-corrected chi connectivity index (χ0v) is 12.5. The molecule has 23 heavy (non-hydrogen) atoms. The minimum absolute atomic E-state index is 0.275. The average Bonchev–Trinajstić information content (AvgIpc) is 2.61. The van der Waals surface area contributed by atoms with Crippen LogP contribution in [0, 0.1) is 5.82 Å². The van der Waals surface area contributed by atoms with Crippen molar-refractivity contribution in [2.24, 2.45) is 5.73 Å². The highest BCUT2D eigenvalue weighted by Crippen LogP contribution is 2.28. The van der Waals surface area contributed by atoms with Gasteiger partial charge in [-0.1, -0.05) is 30.3 Å². The lowest BCUT2D eigenvalue weighted by Crippen LogP contribution is -2.14. The van der Waals surface area contributed by atoms with E-state index in [1.807, 2.05) is 30.3 Å². The summed E-state index contributed by atoms with van der Waals surface area (Å²) < 4.78 is 13.2. The molecule has 0 aliphatic heterocycles. The summed E-state index contributed by atoms with van der Waals surface area (Å²) in [6.45, 7) is 1.12. The van der Waals surface area contributed by atoms with Crippen LogP contribution in [-0.2, 0) is 0 Å². The van der Waals surface area contributed by atoms with Crippen LogP contribution < -0.4 is 11.1 Å². The van der Waals surface area contributed by atoms with Gasteiger partial charge < -0.3 is 11.1 Å². The maximum atomic E-state index is 13.2. The molecule has 1 aromatic heterocycles. The first-order valence-electron chi connectivity index (χ1n) is 7.40. The number of anilines is 1. The molecule has 0 bridgehead atoms. The van der Waals surface area contributed by atoms with Crippen molar-refractivity contribution in [1.82, 2.24) is 9.97 Å². The molecule has 0 unspecified atom stereocenters. The van der Waals surface area contributed by atoms with Crippen molar-refractivity contribution < 1.29 is 4.39 Å². The number of hydrogen-bond acceptors (Lipinski definition) is 4. The Balaban J connectivity index is 2.07. The molecule has 5 heteroatoms. The molecule has 116 valence electrons. The van der Waals surface area contributed by atoms with Gasteiger partial charge in [0.15, 0.2) is 5.82 Å². The van der Waals surface area contributed by atoms with Crippen LogP contribution in [0.2, 0.25) is 0 Å². The van der Waals surface area contributed by atoms with Crippen LogP contribution >= 0.6 is 0 Å². The number of aromatic nitrogens is 2. The van der Waals surface area contributed by atoms with Crippen molar-refractivity contribution in [3.8, 4) is 22.6 Å². The van der Waals surface area contributed by atoms with Crippen molar-refractivity contribution in [1.29, 1.82) is 0 Å². The van der Waals surface area contributed by atoms with E-state index in [2.05, 4.69) is 15.3 Å². The first kappa shape index (κ1) is 15.1. The Bertz CT molecular complexity index is 773. The summed E-state index contributed by atoms with van der Waals surface area (Å²) in [5, 5.41) is 3.21. The van der Waals surface area contributed by atoms with Gasteiger partial charge in [0, 0.05) is 24.2 Å². The lowest BCUT2D eigenvalue weighted by atomic mass is 10.1. The fourth-order valence-electron chi connectivity index (χ4n) is 2.27. The Morgan fingerprint density at radius 1 is 0.957 bits per heavy atom. The first-order valence-corrected chi connectivity index (χ1v) is 7.40. The van der Waals surface area contributed by atoms with Crippen LogP contribution in [0.15, 0.2) is 60.8 Å². The van der Waals surface area contributed by atoms with Crippen LogP contribution in [0.4, 0.5) is 10.1 Å². The second-order valence-electron chi connectivity index (χ2n) is 5.04. The second kappa shape index (κ2) is 6.98. The Kier molecular flexibility index (Phi) is 4.59. The number of rotatable bonds is 5. The van der Waals surface area contributed by atoms with Gasteiger partial charge >= 0.3 is 0 Å². The van der Waals surface area contributed by atoms with Crippen molar-refractivity contribution in [2.75, 3.05) is 18.4 Å². The third-order valence-corrected chi connectivity index (χ3v) is 3.40. The Labute approximate surface area is 134 Å². The van der Waals surface area contributed by atoms with Gasteiger partial charge in [-0.05, 0) is 24.3 Å². The number of nitrogens with one attached hydrogen (secondary N) is 1. The molecule has 0 saturated carbocycles. The molecule has 2 aromatic carbocycles. The molecule has 3 N–H and O–H groups in total. The molecule has 0 aliphatic carbocycles. The van der Waals surface area contributed by atoms with Crippen LogP contribution in [0.5, 0.6) is 0 Å². The Morgan fingerprint density at radius 2 is 1.70 bits per heavy atom. The van der Waals surface area contributed by atoms with E-state index in [4.69, 9.17) is 5.73 Å². The SMILES string of the molecule is NCCNc1cnc(-c2ccccc2)nc1-c1ccc(F)cc1. The summed E-state index contributed by atoms with van der Waals surface area (Å²) >= 11 is 0. The van der Waals surface area contributed by atoms with Crippen LogP contribution in [-0.4, -0.2) is 23.1 Å². The minimum atomic E-state index is -0.275. The molecule has 0 radical (unpaired) electrons. The van der Waals surface area contributed by atoms with Gasteiger partial charge in [-0.25, -0.2) is 14.4 Å². The van der Waals surface area contributed by atoms with Crippen molar-refractivity contribution in [3.63, 3.8) is 0 Å². The maximum absolute atomic E-state index is 13.2. The number of nitrogens with zero attached hydrogens (tertiary/aromatic N) is 2. The van der Waals surface area contributed by atoms with Gasteiger partial charge in [-0.2, -0.15) is 0 Å². The summed E-state index contributed by atoms with van der Waals surface area (Å²) in [4.78, 5) is 9.08. The fraction of sp³-hybridized carbons (Fsp3) is 0.111. The summed E-state index contributed by atoms with van der Waals surface area (Å²) in [6.07, 6.45) is 1.74. The number of hydrogen-bond donors (Lipinski definition) is 2. The molecule has 0 amide bonds. The number of nitrogens with two attached hydrogens (primary N) is 1. The van der Waals surface area contributed by atoms with Crippen LogP contribution in [0.25, 0.3) is 22.6 Å². The van der Waals surface area contributed by atoms with Crippen molar-refractivity contribution >= 4 is 5.69 Å². The Morgan fingerprint density at radius 3 is 2.39 bits per heavy atom. The van der Waals surface area contributed by atoms with E-state index in [-0.39, 0.29) is 5.82 Å².